The molecule has 3 heterocycles. The zero-order chi connectivity index (χ0) is 28.8. The van der Waals surface area contributed by atoms with E-state index in [-0.39, 0.29) is 30.2 Å². The fourth-order valence-corrected chi connectivity index (χ4v) is 9.72. The number of thioether (sulfide) groups is 1. The number of carbonyl (C=O) groups is 3. The van der Waals surface area contributed by atoms with Crippen molar-refractivity contribution in [1.82, 2.24) is 10.2 Å². The molecule has 2 unspecified atom stereocenters. The van der Waals surface area contributed by atoms with Crippen molar-refractivity contribution >= 4 is 46.8 Å². The largest absolute Gasteiger partial charge is 0.394 e. The number of halogens is 1. The summed E-state index contributed by atoms with van der Waals surface area (Å²) in [6, 6.07) is 13.7. The molecule has 0 aliphatic carbocycles. The first-order valence-corrected chi connectivity index (χ1v) is 15.3. The summed E-state index contributed by atoms with van der Waals surface area (Å²) in [4.78, 5) is 44.2. The molecule has 40 heavy (non-hydrogen) atoms. The van der Waals surface area contributed by atoms with Crippen LogP contribution in [0.2, 0.25) is 5.02 Å². The van der Waals surface area contributed by atoms with E-state index in [0.29, 0.717) is 23.7 Å². The van der Waals surface area contributed by atoms with E-state index in [0.717, 1.165) is 24.0 Å². The van der Waals surface area contributed by atoms with Gasteiger partial charge in [0.05, 0.1) is 39.9 Å². The zero-order valence-corrected chi connectivity index (χ0v) is 25.0. The van der Waals surface area contributed by atoms with Crippen molar-refractivity contribution in [3.63, 3.8) is 0 Å². The van der Waals surface area contributed by atoms with Crippen molar-refractivity contribution in [1.29, 1.82) is 0 Å². The standard InChI is InChI=1S/C31H38ClN3O4S/c1-5-18(2)22(17-36)35-26(28(38)34-25-19(3)10-9-13-21(25)32)31-15-14-30(4,40-31)23(24(31)29(35)39)27(37)33-16-20-11-7-6-8-12-20/h6-13,18,22-24,26,36H,5,14-17H2,1-4H3,(H,33,37)(H,34,38)/t18-,22-,23+,24-,26?,30-,31?/m0/s1. The smallest absolute Gasteiger partial charge is 0.248 e. The quantitative estimate of drug-likeness (QED) is 0.394. The average Bonchev–Trinajstić information content (AvgIpc) is 3.51. The Hall–Kier alpha value is -2.55. The number of anilines is 1. The maximum atomic E-state index is 14.4. The minimum atomic E-state index is -0.842. The van der Waals surface area contributed by atoms with Crippen LogP contribution < -0.4 is 10.6 Å². The Balaban J connectivity index is 1.53. The van der Waals surface area contributed by atoms with Gasteiger partial charge in [-0.2, -0.15) is 0 Å². The molecule has 3 fully saturated rings. The number of hydrogen-bond donors (Lipinski definition) is 3. The first-order chi connectivity index (χ1) is 19.1. The number of nitrogens with one attached hydrogen (secondary N) is 2. The number of fused-ring (bicyclic) bond motifs is 1. The van der Waals surface area contributed by atoms with Crippen LogP contribution in [-0.2, 0) is 20.9 Å². The lowest BCUT2D eigenvalue weighted by molar-refractivity contribution is -0.143. The third-order valence-electron chi connectivity index (χ3n) is 9.37. The Morgan fingerprint density at radius 3 is 2.52 bits per heavy atom. The van der Waals surface area contributed by atoms with Gasteiger partial charge in [-0.1, -0.05) is 74.3 Å². The first-order valence-electron chi connectivity index (χ1n) is 14.1. The fourth-order valence-electron chi connectivity index (χ4n) is 7.11. The van der Waals surface area contributed by atoms with Crippen molar-refractivity contribution in [3.05, 3.63) is 64.7 Å². The van der Waals surface area contributed by atoms with Gasteiger partial charge < -0.3 is 20.6 Å². The van der Waals surface area contributed by atoms with E-state index in [9.17, 15) is 19.5 Å². The zero-order valence-electron chi connectivity index (χ0n) is 23.4. The fraction of sp³-hybridized carbons (Fsp3) is 0.516. The second-order valence-corrected chi connectivity index (χ2v) is 14.0. The van der Waals surface area contributed by atoms with Crippen molar-refractivity contribution in [2.45, 2.75) is 75.1 Å². The maximum absolute atomic E-state index is 14.4. The lowest BCUT2D eigenvalue weighted by Gasteiger charge is -2.39. The predicted octanol–water partition coefficient (Wildman–Crippen LogP) is 4.79. The maximum Gasteiger partial charge on any atom is 0.248 e. The first kappa shape index (κ1) is 29.0. The van der Waals surface area contributed by atoms with Crippen LogP contribution in [0.3, 0.4) is 0 Å². The normalized spacial score (nSPS) is 30.2. The molecule has 3 N–H and O–H groups in total. The molecule has 7 nitrogen and oxygen atoms in total. The van der Waals surface area contributed by atoms with Crippen LogP contribution in [0.1, 0.15) is 51.2 Å². The minimum absolute atomic E-state index is 0.0373. The Bertz CT molecular complexity index is 1290. The number of nitrogens with zero attached hydrogens (tertiary/aromatic N) is 1. The highest BCUT2D eigenvalue weighted by Crippen LogP contribution is 2.71. The predicted molar refractivity (Wildman–Crippen MR) is 159 cm³/mol. The molecule has 3 amide bonds. The van der Waals surface area contributed by atoms with Crippen molar-refractivity contribution in [3.8, 4) is 0 Å². The van der Waals surface area contributed by atoms with Gasteiger partial charge in [-0.15, -0.1) is 11.8 Å². The van der Waals surface area contributed by atoms with E-state index in [1.807, 2.05) is 63.2 Å². The number of aryl methyl sites for hydroxylation is 1. The van der Waals surface area contributed by atoms with Crippen LogP contribution in [-0.4, -0.2) is 55.9 Å². The van der Waals surface area contributed by atoms with Gasteiger partial charge >= 0.3 is 0 Å². The molecule has 0 aromatic heterocycles. The Labute approximate surface area is 245 Å². The van der Waals surface area contributed by atoms with Gasteiger partial charge in [0.1, 0.15) is 6.04 Å². The van der Waals surface area contributed by atoms with Crippen molar-refractivity contribution in [2.24, 2.45) is 17.8 Å². The summed E-state index contributed by atoms with van der Waals surface area (Å²) in [5.41, 5.74) is 2.32. The van der Waals surface area contributed by atoms with Gasteiger partial charge in [-0.3, -0.25) is 14.4 Å². The molecule has 1 spiro atoms. The summed E-state index contributed by atoms with van der Waals surface area (Å²) in [7, 11) is 0. The van der Waals surface area contributed by atoms with E-state index >= 15 is 0 Å². The Morgan fingerprint density at radius 1 is 1.15 bits per heavy atom. The summed E-state index contributed by atoms with van der Waals surface area (Å²) in [5.74, 6) is -1.98. The van der Waals surface area contributed by atoms with Gasteiger partial charge in [0.25, 0.3) is 0 Å². The molecule has 3 aliphatic heterocycles. The van der Waals surface area contributed by atoms with Crippen LogP contribution in [0.25, 0.3) is 0 Å². The number of aliphatic hydroxyl groups is 1. The molecule has 7 atom stereocenters. The second-order valence-electron chi connectivity index (χ2n) is 11.7. The number of amides is 3. The molecule has 214 valence electrons. The van der Waals surface area contributed by atoms with Gasteiger partial charge in [0, 0.05) is 11.3 Å². The van der Waals surface area contributed by atoms with Gasteiger partial charge in [-0.25, -0.2) is 0 Å². The highest BCUT2D eigenvalue weighted by Gasteiger charge is 2.77. The summed E-state index contributed by atoms with van der Waals surface area (Å²) < 4.78 is -1.25. The summed E-state index contributed by atoms with van der Waals surface area (Å²) in [5, 5.41) is 17.1. The molecular formula is C31H38ClN3O4S. The van der Waals surface area contributed by atoms with E-state index in [1.165, 1.54) is 0 Å². The molecule has 0 saturated carbocycles. The Morgan fingerprint density at radius 2 is 1.88 bits per heavy atom. The number of carbonyl (C=O) groups excluding carboxylic acids is 3. The van der Waals surface area contributed by atoms with Gasteiger partial charge in [-0.05, 0) is 49.8 Å². The highest BCUT2D eigenvalue weighted by atomic mass is 35.5. The molecule has 5 rings (SSSR count). The van der Waals surface area contributed by atoms with Gasteiger partial charge in [0.15, 0.2) is 0 Å². The summed E-state index contributed by atoms with van der Waals surface area (Å²) in [6.07, 6.45) is 2.10. The second kappa shape index (κ2) is 11.0. The molecule has 2 aromatic rings. The third kappa shape index (κ3) is 4.62. The topological polar surface area (TPSA) is 98.7 Å². The number of hydrogen-bond acceptors (Lipinski definition) is 5. The van der Waals surface area contributed by atoms with Crippen LogP contribution in [0.15, 0.2) is 48.5 Å². The number of likely N-dealkylation sites (tertiary alicyclic amines) is 1. The van der Waals surface area contributed by atoms with Crippen molar-refractivity contribution < 1.29 is 19.5 Å². The molecule has 3 aliphatic rings. The van der Waals surface area contributed by atoms with E-state index in [2.05, 4.69) is 17.6 Å². The molecule has 9 heteroatoms. The number of aliphatic hydroxyl groups excluding tert-OH is 1. The molecule has 3 saturated heterocycles. The number of benzene rings is 2. The summed E-state index contributed by atoms with van der Waals surface area (Å²) >= 11 is 8.10. The van der Waals surface area contributed by atoms with Crippen LogP contribution >= 0.6 is 23.4 Å². The van der Waals surface area contributed by atoms with Crippen molar-refractivity contribution in [2.75, 3.05) is 11.9 Å². The minimum Gasteiger partial charge on any atom is -0.394 e. The number of para-hydroxylation sites is 1. The Kier molecular flexibility index (Phi) is 7.98. The van der Waals surface area contributed by atoms with E-state index < -0.39 is 33.4 Å². The molecule has 2 bridgehead atoms. The van der Waals surface area contributed by atoms with Crippen LogP contribution in [0.5, 0.6) is 0 Å². The lowest BCUT2D eigenvalue weighted by atomic mass is 9.66. The van der Waals surface area contributed by atoms with Crippen LogP contribution in [0, 0.1) is 24.7 Å². The molecule has 2 aromatic carbocycles. The third-order valence-corrected chi connectivity index (χ3v) is 11.7. The van der Waals surface area contributed by atoms with Crippen LogP contribution in [0.4, 0.5) is 5.69 Å². The highest BCUT2D eigenvalue weighted by molar-refractivity contribution is 8.02. The molecule has 0 radical (unpaired) electrons. The van der Waals surface area contributed by atoms with Gasteiger partial charge in [0.2, 0.25) is 17.7 Å². The van der Waals surface area contributed by atoms with E-state index in [1.54, 1.807) is 22.7 Å². The summed E-state index contributed by atoms with van der Waals surface area (Å²) in [6.45, 7) is 8.04. The number of rotatable bonds is 9. The average molecular weight is 584 g/mol. The van der Waals surface area contributed by atoms with E-state index in [4.69, 9.17) is 11.6 Å². The SMILES string of the molecule is CC[C@H](C)[C@H](CO)N1C(=O)[C@@H]2[C@H](C(=O)NCc3ccccc3)[C@]3(C)CCC2(S3)C1C(=O)Nc1c(C)cccc1Cl. The molecular weight excluding hydrogens is 546 g/mol. The lowest BCUT2D eigenvalue weighted by Crippen LogP contribution is -2.56. The monoisotopic (exact) mass is 583 g/mol.